The predicted octanol–water partition coefficient (Wildman–Crippen LogP) is 4.68. The summed E-state index contributed by atoms with van der Waals surface area (Å²) >= 11 is 1.67. The van der Waals surface area contributed by atoms with Crippen LogP contribution in [0.15, 0.2) is 48.8 Å². The Morgan fingerprint density at radius 3 is 2.52 bits per heavy atom. The van der Waals surface area contributed by atoms with Gasteiger partial charge in [-0.3, -0.25) is 4.98 Å². The Kier molecular flexibility index (Phi) is 3.56. The Hall–Kier alpha value is -1.71. The Bertz CT molecular complexity index is 765. The van der Waals surface area contributed by atoms with Crippen LogP contribution in [-0.4, -0.2) is 10.1 Å². The topological polar surface area (TPSA) is 33.1 Å². The molecule has 1 aromatic carbocycles. The summed E-state index contributed by atoms with van der Waals surface area (Å²) in [5.41, 5.74) is 0.982. The molecular formula is C18H19NOS. The van der Waals surface area contributed by atoms with Gasteiger partial charge in [-0.1, -0.05) is 45.0 Å². The van der Waals surface area contributed by atoms with Crippen molar-refractivity contribution in [1.29, 1.82) is 0 Å². The van der Waals surface area contributed by atoms with Crippen molar-refractivity contribution in [3.05, 3.63) is 64.1 Å². The highest BCUT2D eigenvalue weighted by atomic mass is 32.1. The average molecular weight is 297 g/mol. The molecule has 2 nitrogen and oxygen atoms in total. The molecule has 0 aliphatic heterocycles. The molecule has 108 valence electrons. The number of thiophene rings is 1. The maximum atomic E-state index is 10.7. The molecule has 2 heterocycles. The predicted molar refractivity (Wildman–Crippen MR) is 88.8 cm³/mol. The lowest BCUT2D eigenvalue weighted by Gasteiger charge is -2.16. The molecule has 1 N–H and O–H groups in total. The van der Waals surface area contributed by atoms with Crippen LogP contribution in [0.25, 0.3) is 10.8 Å². The third-order valence-corrected chi connectivity index (χ3v) is 5.19. The van der Waals surface area contributed by atoms with E-state index in [1.807, 2.05) is 36.5 Å². The first-order valence-electron chi connectivity index (χ1n) is 7.08. The van der Waals surface area contributed by atoms with Crippen LogP contribution >= 0.6 is 11.3 Å². The summed E-state index contributed by atoms with van der Waals surface area (Å²) in [4.78, 5) is 6.51. The van der Waals surface area contributed by atoms with E-state index in [-0.39, 0.29) is 5.41 Å². The standard InChI is InChI=1S/C18H19NOS/c1-18(2,3)16-9-8-15(21-16)17(20)14-11-19-10-12-6-4-5-7-13(12)14/h4-11,17,20H,1-3H3. The summed E-state index contributed by atoms with van der Waals surface area (Å²) in [6, 6.07) is 12.2. The molecule has 0 saturated heterocycles. The fourth-order valence-electron chi connectivity index (χ4n) is 2.41. The number of benzene rings is 1. The van der Waals surface area contributed by atoms with Gasteiger partial charge in [-0.25, -0.2) is 0 Å². The molecule has 0 aliphatic carbocycles. The molecule has 2 aromatic heterocycles. The molecule has 0 amide bonds. The lowest BCUT2D eigenvalue weighted by molar-refractivity contribution is 0.225. The van der Waals surface area contributed by atoms with Gasteiger partial charge >= 0.3 is 0 Å². The van der Waals surface area contributed by atoms with Crippen LogP contribution in [0.2, 0.25) is 0 Å². The zero-order valence-electron chi connectivity index (χ0n) is 12.5. The number of aliphatic hydroxyl groups is 1. The molecule has 0 bridgehead atoms. The molecule has 0 radical (unpaired) electrons. The zero-order valence-corrected chi connectivity index (χ0v) is 13.3. The van der Waals surface area contributed by atoms with Gasteiger partial charge in [-0.2, -0.15) is 0 Å². The molecule has 1 unspecified atom stereocenters. The molecule has 3 rings (SSSR count). The summed E-state index contributed by atoms with van der Waals surface area (Å²) in [7, 11) is 0. The number of fused-ring (bicyclic) bond motifs is 1. The van der Waals surface area contributed by atoms with Crippen LogP contribution < -0.4 is 0 Å². The van der Waals surface area contributed by atoms with E-state index in [1.54, 1.807) is 17.5 Å². The number of aromatic nitrogens is 1. The fraction of sp³-hybridized carbons (Fsp3) is 0.278. The van der Waals surface area contributed by atoms with Crippen molar-refractivity contribution in [2.75, 3.05) is 0 Å². The minimum atomic E-state index is -0.621. The van der Waals surface area contributed by atoms with E-state index in [1.165, 1.54) is 4.88 Å². The van der Waals surface area contributed by atoms with Crippen molar-refractivity contribution in [2.45, 2.75) is 32.3 Å². The summed E-state index contributed by atoms with van der Waals surface area (Å²) in [6.45, 7) is 6.57. The number of rotatable bonds is 2. The van der Waals surface area contributed by atoms with Crippen LogP contribution in [0.5, 0.6) is 0 Å². The second-order valence-corrected chi connectivity index (χ2v) is 7.42. The van der Waals surface area contributed by atoms with Gasteiger partial charge in [0.15, 0.2) is 0 Å². The first-order valence-corrected chi connectivity index (χ1v) is 7.89. The maximum absolute atomic E-state index is 10.7. The number of pyridine rings is 1. The van der Waals surface area contributed by atoms with Gasteiger partial charge in [0.2, 0.25) is 0 Å². The van der Waals surface area contributed by atoms with Gasteiger partial charge in [0, 0.05) is 33.1 Å². The van der Waals surface area contributed by atoms with E-state index in [2.05, 4.69) is 31.8 Å². The van der Waals surface area contributed by atoms with E-state index >= 15 is 0 Å². The van der Waals surface area contributed by atoms with Gasteiger partial charge in [-0.15, -0.1) is 11.3 Å². The summed E-state index contributed by atoms with van der Waals surface area (Å²) in [5.74, 6) is 0. The SMILES string of the molecule is CC(C)(C)c1ccc(C(O)c2cncc3ccccc23)s1. The van der Waals surface area contributed by atoms with Crippen molar-refractivity contribution >= 4 is 22.1 Å². The van der Waals surface area contributed by atoms with Gasteiger partial charge in [0.05, 0.1) is 0 Å². The van der Waals surface area contributed by atoms with Crippen molar-refractivity contribution < 1.29 is 5.11 Å². The molecule has 3 heteroatoms. The monoisotopic (exact) mass is 297 g/mol. The highest BCUT2D eigenvalue weighted by Crippen LogP contribution is 2.36. The third-order valence-electron chi connectivity index (χ3n) is 3.63. The van der Waals surface area contributed by atoms with E-state index in [0.717, 1.165) is 21.2 Å². The highest BCUT2D eigenvalue weighted by Gasteiger charge is 2.20. The third kappa shape index (κ3) is 2.71. The second kappa shape index (κ2) is 5.24. The minimum Gasteiger partial charge on any atom is -0.383 e. The van der Waals surface area contributed by atoms with Crippen LogP contribution in [-0.2, 0) is 5.41 Å². The number of hydrogen-bond donors (Lipinski definition) is 1. The summed E-state index contributed by atoms with van der Waals surface area (Å²) in [6.07, 6.45) is 2.98. The molecular weight excluding hydrogens is 278 g/mol. The highest BCUT2D eigenvalue weighted by molar-refractivity contribution is 7.12. The van der Waals surface area contributed by atoms with Gasteiger partial charge in [-0.05, 0) is 22.9 Å². The Morgan fingerprint density at radius 2 is 1.81 bits per heavy atom. The normalized spacial score (nSPS) is 13.5. The Labute approximate surface area is 129 Å². The van der Waals surface area contributed by atoms with Crippen molar-refractivity contribution in [2.24, 2.45) is 0 Å². The van der Waals surface area contributed by atoms with Crippen molar-refractivity contribution in [3.63, 3.8) is 0 Å². The van der Waals surface area contributed by atoms with Gasteiger partial charge in [0.25, 0.3) is 0 Å². The molecule has 0 spiro atoms. The van der Waals surface area contributed by atoms with Crippen LogP contribution in [0.1, 0.15) is 42.2 Å². The number of hydrogen-bond acceptors (Lipinski definition) is 3. The first kappa shape index (κ1) is 14.2. The number of aliphatic hydroxyl groups excluding tert-OH is 1. The van der Waals surface area contributed by atoms with E-state index in [4.69, 9.17) is 0 Å². The minimum absolute atomic E-state index is 0.111. The summed E-state index contributed by atoms with van der Waals surface area (Å²) < 4.78 is 0. The van der Waals surface area contributed by atoms with Gasteiger partial charge < -0.3 is 5.11 Å². The van der Waals surface area contributed by atoms with Crippen molar-refractivity contribution in [1.82, 2.24) is 4.98 Å². The van der Waals surface area contributed by atoms with Crippen LogP contribution in [0, 0.1) is 0 Å². The molecule has 0 saturated carbocycles. The fourth-order valence-corrected chi connectivity index (χ4v) is 3.48. The van der Waals surface area contributed by atoms with E-state index in [9.17, 15) is 5.11 Å². The first-order chi connectivity index (χ1) is 9.97. The van der Waals surface area contributed by atoms with E-state index < -0.39 is 6.10 Å². The molecule has 0 fully saturated rings. The van der Waals surface area contributed by atoms with Gasteiger partial charge in [0.1, 0.15) is 6.10 Å². The average Bonchev–Trinajstić information content (AvgIpc) is 2.96. The van der Waals surface area contributed by atoms with Crippen LogP contribution in [0.4, 0.5) is 0 Å². The van der Waals surface area contributed by atoms with E-state index in [0.29, 0.717) is 0 Å². The quantitative estimate of drug-likeness (QED) is 0.745. The molecule has 3 aromatic rings. The smallest absolute Gasteiger partial charge is 0.115 e. The van der Waals surface area contributed by atoms with Crippen LogP contribution in [0.3, 0.4) is 0 Å². The second-order valence-electron chi connectivity index (χ2n) is 6.30. The maximum Gasteiger partial charge on any atom is 0.115 e. The zero-order chi connectivity index (χ0) is 15.0. The van der Waals surface area contributed by atoms with Crippen molar-refractivity contribution in [3.8, 4) is 0 Å². The molecule has 0 aliphatic rings. The largest absolute Gasteiger partial charge is 0.383 e. The summed E-state index contributed by atoms with van der Waals surface area (Å²) in [5, 5.41) is 12.9. The Morgan fingerprint density at radius 1 is 1.05 bits per heavy atom. The molecule has 21 heavy (non-hydrogen) atoms. The Balaban J connectivity index is 2.05. The molecule has 1 atom stereocenters. The lowest BCUT2D eigenvalue weighted by Crippen LogP contribution is -2.07. The lowest BCUT2D eigenvalue weighted by atomic mass is 9.95. The number of nitrogens with zero attached hydrogens (tertiary/aromatic N) is 1.